The maximum atomic E-state index is 15.7. The predicted octanol–water partition coefficient (Wildman–Crippen LogP) is 4.37. The Morgan fingerprint density at radius 1 is 1.37 bits per heavy atom. The Morgan fingerprint density at radius 2 is 2.11 bits per heavy atom. The highest BCUT2D eigenvalue weighted by Crippen LogP contribution is 2.49. The summed E-state index contributed by atoms with van der Waals surface area (Å²) in [7, 11) is -1.42. The Labute approximate surface area is 204 Å². The number of ether oxygens (including phenoxy) is 1. The van der Waals surface area contributed by atoms with E-state index in [9.17, 15) is 14.2 Å². The number of hydrogen-bond acceptors (Lipinski definition) is 6. The molecule has 1 saturated carbocycles. The highest BCUT2D eigenvalue weighted by Gasteiger charge is 2.31. The third kappa shape index (κ3) is 4.32. The molecule has 4 heterocycles. The number of fused-ring (bicyclic) bond motifs is 1. The number of aromatic amines is 1. The monoisotopic (exact) mass is 514 g/mol. The van der Waals surface area contributed by atoms with Crippen LogP contribution >= 0.6 is 18.5 Å². The molecule has 4 aromatic rings. The lowest BCUT2D eigenvalue weighted by Crippen LogP contribution is -2.25. The summed E-state index contributed by atoms with van der Waals surface area (Å²) in [6.45, 7) is 4.78. The predicted molar refractivity (Wildman–Crippen MR) is 135 cm³/mol. The number of H-pyrrole nitrogens is 1. The first kappa shape index (κ1) is 23.5. The summed E-state index contributed by atoms with van der Waals surface area (Å²) in [4.78, 5) is 33.0. The van der Waals surface area contributed by atoms with E-state index in [1.54, 1.807) is 44.6 Å². The molecule has 5 rings (SSSR count). The van der Waals surface area contributed by atoms with Gasteiger partial charge in [-0.25, -0.2) is 9.37 Å². The van der Waals surface area contributed by atoms with Crippen molar-refractivity contribution in [2.24, 2.45) is 7.05 Å². The number of halogens is 1. The van der Waals surface area contributed by atoms with Crippen molar-refractivity contribution in [1.82, 2.24) is 19.9 Å². The molecular weight excluding hydrogens is 490 g/mol. The van der Waals surface area contributed by atoms with Crippen LogP contribution in [0.25, 0.3) is 21.3 Å². The van der Waals surface area contributed by atoms with Crippen molar-refractivity contribution in [2.45, 2.75) is 25.8 Å². The lowest BCUT2D eigenvalue weighted by molar-refractivity contribution is 0.0947. The van der Waals surface area contributed by atoms with Crippen LogP contribution < -0.4 is 20.2 Å². The van der Waals surface area contributed by atoms with Crippen molar-refractivity contribution in [1.29, 1.82) is 0 Å². The zero-order valence-corrected chi connectivity index (χ0v) is 21.4. The van der Waals surface area contributed by atoms with Crippen LogP contribution in [-0.4, -0.2) is 39.8 Å². The number of aromatic nitrogens is 3. The summed E-state index contributed by atoms with van der Waals surface area (Å²) < 4.78 is 36.0. The SMILES string of the molecule is Cc1cccnc1Oc1c(-c2cn(C)c(=O)c3[nH]c(C(=O)NC4CC4)cc23)sc(P(C)(C)=O)c1F. The van der Waals surface area contributed by atoms with Crippen LogP contribution in [0.4, 0.5) is 4.39 Å². The van der Waals surface area contributed by atoms with E-state index in [4.69, 9.17) is 4.74 Å². The van der Waals surface area contributed by atoms with Gasteiger partial charge in [0.25, 0.3) is 11.5 Å². The molecule has 1 aliphatic rings. The standard InChI is InChI=1S/C24H24FN4O4PS/c1-12-6-5-9-26-22(12)33-19-17(25)24(34(3,4)32)35-20(19)15-11-29(2)23(31)18-14(15)10-16(28-18)21(30)27-13-7-8-13/h5-6,9-11,13,28H,7-8H2,1-4H3,(H,27,30). The Kier molecular flexibility index (Phi) is 5.68. The minimum atomic E-state index is -3.00. The van der Waals surface area contributed by atoms with Gasteiger partial charge in [0.05, 0.1) is 4.88 Å². The van der Waals surface area contributed by atoms with E-state index < -0.39 is 13.0 Å². The molecule has 0 spiro atoms. The van der Waals surface area contributed by atoms with Crippen molar-refractivity contribution in [3.8, 4) is 22.1 Å². The number of nitrogens with one attached hydrogen (secondary N) is 2. The average molecular weight is 515 g/mol. The van der Waals surface area contributed by atoms with Crippen LogP contribution in [0.5, 0.6) is 11.6 Å². The normalized spacial score (nSPS) is 13.9. The summed E-state index contributed by atoms with van der Waals surface area (Å²) >= 11 is 1.02. The maximum absolute atomic E-state index is 15.7. The molecule has 1 aliphatic carbocycles. The van der Waals surface area contributed by atoms with Gasteiger partial charge in [0, 0.05) is 42.0 Å². The molecule has 4 aromatic heterocycles. The van der Waals surface area contributed by atoms with Crippen molar-refractivity contribution in [2.75, 3.05) is 13.3 Å². The number of carbonyl (C=O) groups is 1. The van der Waals surface area contributed by atoms with E-state index in [1.807, 2.05) is 0 Å². The summed E-state index contributed by atoms with van der Waals surface area (Å²) in [5.41, 5.74) is 1.32. The second-order valence-electron chi connectivity index (χ2n) is 9.14. The van der Waals surface area contributed by atoms with Crippen molar-refractivity contribution in [3.63, 3.8) is 0 Å². The third-order valence-corrected chi connectivity index (χ3v) is 9.56. The highest BCUT2D eigenvalue weighted by molar-refractivity contribution is 7.75. The Bertz CT molecular complexity index is 1600. The topological polar surface area (TPSA) is 106 Å². The summed E-state index contributed by atoms with van der Waals surface area (Å²) in [6.07, 6.45) is 4.97. The van der Waals surface area contributed by atoms with Gasteiger partial charge in [-0.3, -0.25) is 9.59 Å². The third-order valence-electron chi connectivity index (χ3n) is 5.81. The largest absolute Gasteiger partial charge is 0.434 e. The molecular formula is C24H24FN4O4PS. The molecule has 11 heteroatoms. The maximum Gasteiger partial charge on any atom is 0.274 e. The number of pyridine rings is 2. The molecule has 0 aliphatic heterocycles. The lowest BCUT2D eigenvalue weighted by atomic mass is 10.1. The van der Waals surface area contributed by atoms with Gasteiger partial charge in [-0.05, 0) is 45.2 Å². The number of carbonyl (C=O) groups excluding carboxylic acids is 1. The van der Waals surface area contributed by atoms with Crippen molar-refractivity contribution in [3.05, 3.63) is 58.0 Å². The zero-order chi connectivity index (χ0) is 25.1. The van der Waals surface area contributed by atoms with E-state index in [2.05, 4.69) is 15.3 Å². The van der Waals surface area contributed by atoms with Crippen molar-refractivity contribution >= 4 is 39.9 Å². The van der Waals surface area contributed by atoms with E-state index >= 15 is 4.39 Å². The van der Waals surface area contributed by atoms with E-state index in [0.717, 1.165) is 24.2 Å². The van der Waals surface area contributed by atoms with Crippen LogP contribution in [0.15, 0.2) is 35.4 Å². The number of thiophene rings is 1. The van der Waals surface area contributed by atoms with Gasteiger partial charge < -0.3 is 24.2 Å². The Balaban J connectivity index is 1.74. The fraction of sp³-hybridized carbons (Fsp3) is 0.292. The second-order valence-corrected chi connectivity index (χ2v) is 13.6. The van der Waals surface area contributed by atoms with Crippen LogP contribution in [0.2, 0.25) is 0 Å². The van der Waals surface area contributed by atoms with E-state index in [-0.39, 0.29) is 45.0 Å². The number of nitrogens with zero attached hydrogens (tertiary/aromatic N) is 2. The molecule has 35 heavy (non-hydrogen) atoms. The number of hydrogen-bond donors (Lipinski definition) is 2. The summed E-state index contributed by atoms with van der Waals surface area (Å²) in [5.74, 6) is -0.908. The van der Waals surface area contributed by atoms with Crippen molar-refractivity contribution < 1.29 is 18.5 Å². The number of amides is 1. The van der Waals surface area contributed by atoms with Gasteiger partial charge >= 0.3 is 0 Å². The molecule has 2 N–H and O–H groups in total. The molecule has 0 bridgehead atoms. The Morgan fingerprint density at radius 3 is 2.77 bits per heavy atom. The first-order chi connectivity index (χ1) is 16.5. The molecule has 0 aromatic carbocycles. The fourth-order valence-electron chi connectivity index (χ4n) is 3.80. The van der Waals surface area contributed by atoms with Gasteiger partial charge in [0.15, 0.2) is 11.6 Å². The first-order valence-corrected chi connectivity index (χ1v) is 14.5. The van der Waals surface area contributed by atoms with E-state index in [1.165, 1.54) is 17.9 Å². The fourth-order valence-corrected chi connectivity index (χ4v) is 6.40. The molecule has 1 fully saturated rings. The van der Waals surface area contributed by atoms with Gasteiger partial charge in [-0.1, -0.05) is 6.07 Å². The average Bonchev–Trinajstić information content (AvgIpc) is 3.38. The first-order valence-electron chi connectivity index (χ1n) is 11.1. The van der Waals surface area contributed by atoms with Gasteiger partial charge in [-0.15, -0.1) is 11.3 Å². The lowest BCUT2D eigenvalue weighted by Gasteiger charge is -2.10. The van der Waals surface area contributed by atoms with Gasteiger partial charge in [-0.2, -0.15) is 0 Å². The van der Waals surface area contributed by atoms with Crippen LogP contribution in [0, 0.1) is 12.7 Å². The van der Waals surface area contributed by atoms with Gasteiger partial charge in [0.2, 0.25) is 5.88 Å². The number of aryl methyl sites for hydroxylation is 2. The molecule has 1 amide bonds. The van der Waals surface area contributed by atoms with Gasteiger partial charge in [0.1, 0.15) is 23.0 Å². The minimum absolute atomic E-state index is 0.0836. The van der Waals surface area contributed by atoms with Crippen LogP contribution in [0.3, 0.4) is 0 Å². The number of rotatable bonds is 6. The highest BCUT2D eigenvalue weighted by atomic mass is 32.1. The van der Waals surface area contributed by atoms with Crippen LogP contribution in [-0.2, 0) is 11.6 Å². The molecule has 8 nitrogen and oxygen atoms in total. The smallest absolute Gasteiger partial charge is 0.274 e. The quantitative estimate of drug-likeness (QED) is 0.372. The summed E-state index contributed by atoms with van der Waals surface area (Å²) in [5, 5.41) is 3.35. The molecule has 182 valence electrons. The molecule has 0 atom stereocenters. The molecule has 0 saturated heterocycles. The Hall–Kier alpha value is -3.23. The van der Waals surface area contributed by atoms with E-state index in [0.29, 0.717) is 21.4 Å². The second kappa shape index (κ2) is 8.46. The minimum Gasteiger partial charge on any atom is -0.434 e. The summed E-state index contributed by atoms with van der Waals surface area (Å²) in [6, 6.07) is 5.28. The zero-order valence-electron chi connectivity index (χ0n) is 19.6. The van der Waals surface area contributed by atoms with Crippen LogP contribution in [0.1, 0.15) is 28.9 Å². The molecule has 0 radical (unpaired) electrons. The molecule has 0 unspecified atom stereocenters.